The summed E-state index contributed by atoms with van der Waals surface area (Å²) in [4.78, 5) is 0. The van der Waals surface area contributed by atoms with Gasteiger partial charge in [0.15, 0.2) is 0 Å². The van der Waals surface area contributed by atoms with Gasteiger partial charge in [0, 0.05) is 6.42 Å². The van der Waals surface area contributed by atoms with Crippen molar-refractivity contribution in [2.75, 3.05) is 6.61 Å². The molecule has 19 heavy (non-hydrogen) atoms. The van der Waals surface area contributed by atoms with Crippen molar-refractivity contribution in [3.63, 3.8) is 0 Å². The molecule has 2 atom stereocenters. The fourth-order valence-electron chi connectivity index (χ4n) is 2.14. The van der Waals surface area contributed by atoms with Crippen molar-refractivity contribution in [1.82, 2.24) is 5.32 Å². The molecule has 0 aliphatic carbocycles. The Morgan fingerprint density at radius 2 is 1.89 bits per heavy atom. The zero-order valence-electron chi connectivity index (χ0n) is 11.5. The fraction of sp³-hybridized carbons (Fsp3) is 0.375. The van der Waals surface area contributed by atoms with Crippen LogP contribution < -0.4 is 5.32 Å². The van der Waals surface area contributed by atoms with E-state index in [0.717, 1.165) is 23.5 Å². The molecule has 2 unspecified atom stereocenters. The molecule has 2 rings (SSSR count). The number of nitrogens with one attached hydrogen (secondary N) is 1. The predicted octanol–water partition coefficient (Wildman–Crippen LogP) is 3.23. The van der Waals surface area contributed by atoms with Gasteiger partial charge in [0.2, 0.25) is 0 Å². The summed E-state index contributed by atoms with van der Waals surface area (Å²) in [5, 5.41) is 12.9. The van der Waals surface area contributed by atoms with Gasteiger partial charge in [0.25, 0.3) is 0 Å². The average molecular weight is 259 g/mol. The van der Waals surface area contributed by atoms with Crippen LogP contribution in [0.1, 0.15) is 43.0 Å². The molecule has 0 amide bonds. The Labute approximate surface area is 114 Å². The number of hydrogen-bond donors (Lipinski definition) is 2. The van der Waals surface area contributed by atoms with Crippen molar-refractivity contribution in [3.05, 3.63) is 59.5 Å². The van der Waals surface area contributed by atoms with Crippen LogP contribution in [0.4, 0.5) is 0 Å². The molecule has 0 aliphatic heterocycles. The lowest BCUT2D eigenvalue weighted by Crippen LogP contribution is -2.27. The van der Waals surface area contributed by atoms with Crippen LogP contribution in [0.25, 0.3) is 0 Å². The van der Waals surface area contributed by atoms with Crippen molar-refractivity contribution in [2.45, 2.75) is 32.4 Å². The molecular weight excluding hydrogens is 238 g/mol. The third-order valence-electron chi connectivity index (χ3n) is 3.29. The zero-order valence-corrected chi connectivity index (χ0v) is 11.5. The zero-order chi connectivity index (χ0) is 13.7. The molecule has 0 spiro atoms. The molecule has 0 saturated carbocycles. The Bertz CT molecular complexity index is 492. The van der Waals surface area contributed by atoms with Crippen LogP contribution in [0.5, 0.6) is 0 Å². The molecule has 1 heterocycles. The lowest BCUT2D eigenvalue weighted by Gasteiger charge is -2.20. The lowest BCUT2D eigenvalue weighted by atomic mass is 10.1. The van der Waals surface area contributed by atoms with Gasteiger partial charge >= 0.3 is 0 Å². The van der Waals surface area contributed by atoms with E-state index in [1.807, 2.05) is 49.4 Å². The Kier molecular flexibility index (Phi) is 4.77. The average Bonchev–Trinajstić information content (AvgIpc) is 2.94. The highest BCUT2D eigenvalue weighted by Gasteiger charge is 2.16. The highest BCUT2D eigenvalue weighted by molar-refractivity contribution is 5.20. The van der Waals surface area contributed by atoms with Crippen LogP contribution in [0.3, 0.4) is 0 Å². The van der Waals surface area contributed by atoms with Crippen LogP contribution in [0.2, 0.25) is 0 Å². The minimum Gasteiger partial charge on any atom is -0.464 e. The van der Waals surface area contributed by atoms with Gasteiger partial charge in [-0.1, -0.05) is 37.3 Å². The van der Waals surface area contributed by atoms with E-state index in [9.17, 15) is 5.11 Å². The maximum Gasteiger partial charge on any atom is 0.120 e. The van der Waals surface area contributed by atoms with E-state index in [0.29, 0.717) is 0 Å². The summed E-state index contributed by atoms with van der Waals surface area (Å²) in [7, 11) is 0. The summed E-state index contributed by atoms with van der Waals surface area (Å²) < 4.78 is 5.73. The van der Waals surface area contributed by atoms with E-state index in [4.69, 9.17) is 4.42 Å². The van der Waals surface area contributed by atoms with Gasteiger partial charge in [-0.25, -0.2) is 0 Å². The summed E-state index contributed by atoms with van der Waals surface area (Å²) in [6.07, 6.45) is 0.898. The monoisotopic (exact) mass is 259 g/mol. The number of rotatable bonds is 6. The summed E-state index contributed by atoms with van der Waals surface area (Å²) >= 11 is 0. The van der Waals surface area contributed by atoms with E-state index < -0.39 is 0 Å². The van der Waals surface area contributed by atoms with Gasteiger partial charge in [0.05, 0.1) is 18.7 Å². The number of furan rings is 1. The molecule has 0 radical (unpaired) electrons. The second-order valence-electron chi connectivity index (χ2n) is 4.69. The van der Waals surface area contributed by atoms with Crippen LogP contribution >= 0.6 is 0 Å². The van der Waals surface area contributed by atoms with Gasteiger partial charge in [-0.2, -0.15) is 0 Å². The quantitative estimate of drug-likeness (QED) is 0.837. The van der Waals surface area contributed by atoms with Crippen molar-refractivity contribution in [3.8, 4) is 0 Å². The summed E-state index contributed by atoms with van der Waals surface area (Å²) in [6, 6.07) is 13.9. The Hall–Kier alpha value is -1.58. The maximum absolute atomic E-state index is 9.53. The van der Waals surface area contributed by atoms with E-state index in [2.05, 4.69) is 12.2 Å². The SMILES string of the molecule is CCc1ccc(C(C)NC(CO)c2ccccc2)o1. The predicted molar refractivity (Wildman–Crippen MR) is 75.9 cm³/mol. The third-order valence-corrected chi connectivity index (χ3v) is 3.29. The van der Waals surface area contributed by atoms with E-state index in [-0.39, 0.29) is 18.7 Å². The lowest BCUT2D eigenvalue weighted by molar-refractivity contribution is 0.230. The Morgan fingerprint density at radius 1 is 1.16 bits per heavy atom. The Morgan fingerprint density at radius 3 is 2.47 bits per heavy atom. The van der Waals surface area contributed by atoms with Crippen LogP contribution in [-0.2, 0) is 6.42 Å². The highest BCUT2D eigenvalue weighted by atomic mass is 16.3. The molecule has 102 valence electrons. The minimum atomic E-state index is -0.0774. The second-order valence-corrected chi connectivity index (χ2v) is 4.69. The first-order chi connectivity index (χ1) is 9.24. The first-order valence-electron chi connectivity index (χ1n) is 6.75. The first kappa shape index (κ1) is 13.8. The van der Waals surface area contributed by atoms with E-state index >= 15 is 0 Å². The normalized spacial score (nSPS) is 14.3. The van der Waals surface area contributed by atoms with Gasteiger partial charge < -0.3 is 9.52 Å². The molecule has 2 N–H and O–H groups in total. The molecular formula is C16H21NO2. The topological polar surface area (TPSA) is 45.4 Å². The summed E-state index contributed by atoms with van der Waals surface area (Å²) in [6.45, 7) is 4.18. The highest BCUT2D eigenvalue weighted by Crippen LogP contribution is 2.21. The van der Waals surface area contributed by atoms with E-state index in [1.54, 1.807) is 0 Å². The molecule has 0 saturated heterocycles. The second kappa shape index (κ2) is 6.55. The fourth-order valence-corrected chi connectivity index (χ4v) is 2.14. The van der Waals surface area contributed by atoms with Gasteiger partial charge in [-0.15, -0.1) is 0 Å². The first-order valence-corrected chi connectivity index (χ1v) is 6.75. The number of aliphatic hydroxyl groups excluding tert-OH is 1. The summed E-state index contributed by atoms with van der Waals surface area (Å²) in [5.41, 5.74) is 1.08. The standard InChI is InChI=1S/C16H21NO2/c1-3-14-9-10-16(19-14)12(2)17-15(11-18)13-7-5-4-6-8-13/h4-10,12,15,17-18H,3,11H2,1-2H3. The van der Waals surface area contributed by atoms with Gasteiger partial charge in [0.1, 0.15) is 11.5 Å². The molecule has 3 heteroatoms. The van der Waals surface area contributed by atoms with Crippen molar-refractivity contribution < 1.29 is 9.52 Å². The number of aryl methyl sites for hydroxylation is 1. The molecule has 2 aromatic rings. The van der Waals surface area contributed by atoms with E-state index in [1.165, 1.54) is 0 Å². The molecule has 0 fully saturated rings. The smallest absolute Gasteiger partial charge is 0.120 e. The molecule has 1 aromatic heterocycles. The molecule has 3 nitrogen and oxygen atoms in total. The maximum atomic E-state index is 9.53. The minimum absolute atomic E-state index is 0.0652. The third kappa shape index (κ3) is 3.46. The van der Waals surface area contributed by atoms with Crippen LogP contribution in [-0.4, -0.2) is 11.7 Å². The van der Waals surface area contributed by atoms with Gasteiger partial charge in [-0.05, 0) is 24.6 Å². The Balaban J connectivity index is 2.06. The number of aliphatic hydroxyl groups is 1. The van der Waals surface area contributed by atoms with Crippen molar-refractivity contribution >= 4 is 0 Å². The molecule has 1 aromatic carbocycles. The van der Waals surface area contributed by atoms with Crippen molar-refractivity contribution in [1.29, 1.82) is 0 Å². The number of hydrogen-bond acceptors (Lipinski definition) is 3. The molecule has 0 bridgehead atoms. The van der Waals surface area contributed by atoms with Crippen LogP contribution in [0.15, 0.2) is 46.9 Å². The van der Waals surface area contributed by atoms with Crippen molar-refractivity contribution in [2.24, 2.45) is 0 Å². The molecule has 0 aliphatic rings. The summed E-state index contributed by atoms with van der Waals surface area (Å²) in [5.74, 6) is 1.90. The number of benzene rings is 1. The largest absolute Gasteiger partial charge is 0.464 e. The van der Waals surface area contributed by atoms with Gasteiger partial charge in [-0.3, -0.25) is 5.32 Å². The van der Waals surface area contributed by atoms with Crippen LogP contribution in [0, 0.1) is 0 Å².